The molecule has 1 saturated heterocycles. The van der Waals surface area contributed by atoms with Crippen LogP contribution in [0.25, 0.3) is 0 Å². The topological polar surface area (TPSA) is 32.5 Å². The van der Waals surface area contributed by atoms with Crippen LogP contribution in [0, 0.1) is 0 Å². The van der Waals surface area contributed by atoms with Crippen LogP contribution in [0.5, 0.6) is 0 Å². The summed E-state index contributed by atoms with van der Waals surface area (Å²) in [6.45, 7) is 7.35. The highest BCUT2D eigenvalue weighted by molar-refractivity contribution is 6.30. The second kappa shape index (κ2) is 7.13. The van der Waals surface area contributed by atoms with Gasteiger partial charge < -0.3 is 10.6 Å². The van der Waals surface area contributed by atoms with Gasteiger partial charge in [-0.25, -0.2) is 0 Å². The lowest BCUT2D eigenvalue weighted by atomic mass is 10.1. The number of nitrogens with zero attached hydrogens (tertiary/aromatic N) is 2. The lowest BCUT2D eigenvalue weighted by Crippen LogP contribution is -2.52. The molecular weight excluding hydrogens is 258 g/mol. The molecule has 1 aliphatic rings. The minimum absolute atomic E-state index is 0.553. The van der Waals surface area contributed by atoms with Gasteiger partial charge in [0.2, 0.25) is 0 Å². The molecule has 2 N–H and O–H groups in total. The largest absolute Gasteiger partial charge is 0.369 e. The van der Waals surface area contributed by atoms with Gasteiger partial charge in [0.15, 0.2) is 0 Å². The van der Waals surface area contributed by atoms with Crippen molar-refractivity contribution >= 4 is 17.3 Å². The van der Waals surface area contributed by atoms with Crippen molar-refractivity contribution in [3.8, 4) is 0 Å². The molecule has 1 fully saturated rings. The summed E-state index contributed by atoms with van der Waals surface area (Å²) in [6.07, 6.45) is 2.41. The molecule has 1 unspecified atom stereocenters. The van der Waals surface area contributed by atoms with E-state index in [4.69, 9.17) is 17.3 Å². The van der Waals surface area contributed by atoms with Crippen LogP contribution < -0.4 is 10.6 Å². The first-order valence-electron chi connectivity index (χ1n) is 7.19. The van der Waals surface area contributed by atoms with E-state index in [0.29, 0.717) is 6.04 Å². The Morgan fingerprint density at radius 2 is 1.79 bits per heavy atom. The third-order valence-electron chi connectivity index (χ3n) is 3.92. The zero-order valence-corrected chi connectivity index (χ0v) is 12.4. The van der Waals surface area contributed by atoms with E-state index >= 15 is 0 Å². The first-order valence-corrected chi connectivity index (χ1v) is 7.57. The lowest BCUT2D eigenvalue weighted by molar-refractivity contribution is 0.179. The molecule has 4 heteroatoms. The van der Waals surface area contributed by atoms with Crippen LogP contribution in [0.1, 0.15) is 19.8 Å². The average molecular weight is 282 g/mol. The molecule has 2 rings (SSSR count). The second-order valence-electron chi connectivity index (χ2n) is 5.18. The summed E-state index contributed by atoms with van der Waals surface area (Å²) in [5, 5.41) is 0.800. The molecule has 1 aromatic carbocycles. The van der Waals surface area contributed by atoms with Crippen LogP contribution in [0.4, 0.5) is 5.69 Å². The van der Waals surface area contributed by atoms with Crippen LogP contribution in [-0.4, -0.2) is 43.7 Å². The number of hydrogen-bond donors (Lipinski definition) is 1. The van der Waals surface area contributed by atoms with Crippen molar-refractivity contribution in [2.75, 3.05) is 37.6 Å². The lowest BCUT2D eigenvalue weighted by Gasteiger charge is -2.40. The Hall–Kier alpha value is -0.770. The van der Waals surface area contributed by atoms with Gasteiger partial charge in [0.05, 0.1) is 0 Å². The number of anilines is 1. The monoisotopic (exact) mass is 281 g/mol. The van der Waals surface area contributed by atoms with Crippen LogP contribution in [0.2, 0.25) is 5.02 Å². The van der Waals surface area contributed by atoms with E-state index in [2.05, 4.69) is 28.9 Å². The third kappa shape index (κ3) is 3.85. The molecule has 1 heterocycles. The van der Waals surface area contributed by atoms with E-state index in [-0.39, 0.29) is 0 Å². The SMILES string of the molecule is CCCC(CN)N1CCN(c2ccc(Cl)cc2)CC1. The van der Waals surface area contributed by atoms with E-state index in [1.54, 1.807) is 0 Å². The second-order valence-corrected chi connectivity index (χ2v) is 5.61. The Labute approximate surface area is 121 Å². The van der Waals surface area contributed by atoms with Crippen LogP contribution >= 0.6 is 11.6 Å². The van der Waals surface area contributed by atoms with E-state index in [1.165, 1.54) is 18.5 Å². The Balaban J connectivity index is 1.89. The number of halogens is 1. The summed E-state index contributed by atoms with van der Waals surface area (Å²) in [4.78, 5) is 4.96. The van der Waals surface area contributed by atoms with Gasteiger partial charge >= 0.3 is 0 Å². The van der Waals surface area contributed by atoms with Crippen molar-refractivity contribution in [1.82, 2.24) is 4.90 Å². The van der Waals surface area contributed by atoms with E-state index < -0.39 is 0 Å². The van der Waals surface area contributed by atoms with Gasteiger partial charge in [-0.1, -0.05) is 24.9 Å². The van der Waals surface area contributed by atoms with Crippen molar-refractivity contribution < 1.29 is 0 Å². The number of hydrogen-bond acceptors (Lipinski definition) is 3. The molecule has 3 nitrogen and oxygen atoms in total. The molecule has 19 heavy (non-hydrogen) atoms. The smallest absolute Gasteiger partial charge is 0.0407 e. The van der Waals surface area contributed by atoms with Gasteiger partial charge in [0.1, 0.15) is 0 Å². The molecule has 0 radical (unpaired) electrons. The molecule has 1 aromatic rings. The summed E-state index contributed by atoms with van der Waals surface area (Å²) in [6, 6.07) is 8.68. The molecule has 0 aromatic heterocycles. The maximum absolute atomic E-state index is 5.93. The fraction of sp³-hybridized carbons (Fsp3) is 0.600. The molecule has 1 aliphatic heterocycles. The first-order chi connectivity index (χ1) is 9.24. The number of nitrogens with two attached hydrogens (primary N) is 1. The van der Waals surface area contributed by atoms with Crippen molar-refractivity contribution in [3.05, 3.63) is 29.3 Å². The van der Waals surface area contributed by atoms with Crippen LogP contribution in [-0.2, 0) is 0 Å². The van der Waals surface area contributed by atoms with Gasteiger partial charge in [-0.05, 0) is 30.7 Å². The zero-order chi connectivity index (χ0) is 13.7. The molecule has 1 atom stereocenters. The quantitative estimate of drug-likeness (QED) is 0.900. The minimum Gasteiger partial charge on any atom is -0.369 e. The molecule has 0 saturated carbocycles. The van der Waals surface area contributed by atoms with Crippen LogP contribution in [0.15, 0.2) is 24.3 Å². The minimum atomic E-state index is 0.553. The fourth-order valence-corrected chi connectivity index (χ4v) is 2.91. The molecule has 0 bridgehead atoms. The van der Waals surface area contributed by atoms with Gasteiger partial charge in [0.25, 0.3) is 0 Å². The molecular formula is C15H24ClN3. The van der Waals surface area contributed by atoms with Crippen molar-refractivity contribution in [1.29, 1.82) is 0 Å². The van der Waals surface area contributed by atoms with Gasteiger partial charge in [-0.2, -0.15) is 0 Å². The molecule has 0 spiro atoms. The third-order valence-corrected chi connectivity index (χ3v) is 4.17. The summed E-state index contributed by atoms with van der Waals surface area (Å²) >= 11 is 5.93. The Morgan fingerprint density at radius 1 is 1.16 bits per heavy atom. The van der Waals surface area contributed by atoms with Gasteiger partial charge in [0, 0.05) is 49.5 Å². The highest BCUT2D eigenvalue weighted by atomic mass is 35.5. The predicted molar refractivity (Wildman–Crippen MR) is 83.0 cm³/mol. The molecule has 0 aliphatic carbocycles. The number of benzene rings is 1. The zero-order valence-electron chi connectivity index (χ0n) is 11.7. The fourth-order valence-electron chi connectivity index (χ4n) is 2.78. The van der Waals surface area contributed by atoms with Gasteiger partial charge in [-0.3, -0.25) is 4.90 Å². The first kappa shape index (κ1) is 14.6. The van der Waals surface area contributed by atoms with E-state index in [1.807, 2.05) is 12.1 Å². The maximum Gasteiger partial charge on any atom is 0.0407 e. The molecule has 106 valence electrons. The average Bonchev–Trinajstić information content (AvgIpc) is 2.46. The van der Waals surface area contributed by atoms with Crippen LogP contribution in [0.3, 0.4) is 0 Å². The Kier molecular flexibility index (Phi) is 5.49. The van der Waals surface area contributed by atoms with Crippen molar-refractivity contribution in [2.45, 2.75) is 25.8 Å². The highest BCUT2D eigenvalue weighted by Crippen LogP contribution is 2.20. The van der Waals surface area contributed by atoms with Crippen molar-refractivity contribution in [3.63, 3.8) is 0 Å². The van der Waals surface area contributed by atoms with E-state index in [0.717, 1.165) is 37.7 Å². The Bertz CT molecular complexity index is 371. The number of rotatable bonds is 5. The standard InChI is InChI=1S/C15H24ClN3/c1-2-3-15(12-17)19-10-8-18(9-11-19)14-6-4-13(16)5-7-14/h4-7,15H,2-3,8-12,17H2,1H3. The van der Waals surface area contributed by atoms with E-state index in [9.17, 15) is 0 Å². The Morgan fingerprint density at radius 3 is 2.32 bits per heavy atom. The predicted octanol–water partition coefficient (Wildman–Crippen LogP) is 2.59. The highest BCUT2D eigenvalue weighted by Gasteiger charge is 2.22. The summed E-state index contributed by atoms with van der Waals surface area (Å²) in [5.41, 5.74) is 7.15. The van der Waals surface area contributed by atoms with Crippen molar-refractivity contribution in [2.24, 2.45) is 5.73 Å². The summed E-state index contributed by atoms with van der Waals surface area (Å²) < 4.78 is 0. The van der Waals surface area contributed by atoms with Gasteiger partial charge in [-0.15, -0.1) is 0 Å². The number of piperazine rings is 1. The summed E-state index contributed by atoms with van der Waals surface area (Å²) in [5.74, 6) is 0. The maximum atomic E-state index is 5.93. The summed E-state index contributed by atoms with van der Waals surface area (Å²) in [7, 11) is 0. The molecule has 0 amide bonds. The normalized spacial score (nSPS) is 18.6.